The number of imide groups is 1. The van der Waals surface area contributed by atoms with Gasteiger partial charge in [0.1, 0.15) is 0 Å². The number of fused-ring (bicyclic) bond motifs is 2. The average molecular weight is 230 g/mol. The number of rotatable bonds is 3. The lowest BCUT2D eigenvalue weighted by atomic mass is 9.77. The predicted molar refractivity (Wildman–Crippen MR) is 57.5 cm³/mol. The van der Waals surface area contributed by atoms with E-state index in [9.17, 15) is 9.59 Å². The quantitative estimate of drug-likeness (QED) is 0.547. The van der Waals surface area contributed by atoms with Gasteiger partial charge in [0.05, 0.1) is 0 Å². The summed E-state index contributed by atoms with van der Waals surface area (Å²) in [4.78, 5) is 25.3. The molecule has 84 valence electrons. The summed E-state index contributed by atoms with van der Waals surface area (Å²) in [5, 5.41) is 0. The molecule has 2 bridgehead atoms. The number of hydrogen-bond acceptors (Lipinski definition) is 2. The first kappa shape index (κ1) is 10.9. The summed E-state index contributed by atoms with van der Waals surface area (Å²) < 4.78 is 0. The molecule has 0 N–H and O–H groups in total. The Labute approximate surface area is 94.8 Å². The number of carbonyl (C=O) groups is 2. The van der Waals surface area contributed by atoms with Gasteiger partial charge in [0, 0.05) is 24.3 Å². The van der Waals surface area contributed by atoms with E-state index in [1.165, 1.54) is 4.90 Å². The van der Waals surface area contributed by atoms with Crippen LogP contribution in [0.3, 0.4) is 0 Å². The summed E-state index contributed by atoms with van der Waals surface area (Å²) in [6.45, 7) is 0.508. The highest BCUT2D eigenvalue weighted by atomic mass is 35.5. The van der Waals surface area contributed by atoms with E-state index in [1.54, 1.807) is 0 Å². The van der Waals surface area contributed by atoms with E-state index in [4.69, 9.17) is 11.6 Å². The highest BCUT2D eigenvalue weighted by molar-refractivity contribution is 6.17. The minimum absolute atomic E-state index is 0.0427. The summed E-state index contributed by atoms with van der Waals surface area (Å²) in [6, 6.07) is 0. The number of alkyl halides is 1. The molecule has 0 radical (unpaired) electrons. The first-order chi connectivity index (χ1) is 7.24. The van der Waals surface area contributed by atoms with Crippen LogP contribution in [0.1, 0.15) is 32.1 Å². The maximum absolute atomic E-state index is 11.9. The van der Waals surface area contributed by atoms with Crippen LogP contribution >= 0.6 is 11.6 Å². The third kappa shape index (κ3) is 2.03. The monoisotopic (exact) mass is 229 g/mol. The molecule has 2 amide bonds. The topological polar surface area (TPSA) is 37.4 Å². The molecule has 1 aliphatic carbocycles. The zero-order chi connectivity index (χ0) is 10.8. The highest BCUT2D eigenvalue weighted by Gasteiger charge is 2.42. The molecular weight excluding hydrogens is 214 g/mol. The third-order valence-electron chi connectivity index (χ3n) is 3.42. The second-order valence-corrected chi connectivity index (χ2v) is 4.81. The van der Waals surface area contributed by atoms with E-state index in [0.717, 1.165) is 25.7 Å². The van der Waals surface area contributed by atoms with Gasteiger partial charge in [0.2, 0.25) is 11.8 Å². The molecule has 2 rings (SSSR count). The maximum Gasteiger partial charge on any atom is 0.232 e. The second-order valence-electron chi connectivity index (χ2n) is 4.43. The van der Waals surface area contributed by atoms with Crippen molar-refractivity contribution in [2.75, 3.05) is 12.4 Å². The fraction of sp³-hybridized carbons (Fsp3) is 0.818. The van der Waals surface area contributed by atoms with Crippen molar-refractivity contribution in [2.45, 2.75) is 32.1 Å². The Bertz CT molecular complexity index is 258. The molecule has 0 spiro atoms. The molecule has 15 heavy (non-hydrogen) atoms. The van der Waals surface area contributed by atoms with Crippen LogP contribution in [0.5, 0.6) is 0 Å². The zero-order valence-corrected chi connectivity index (χ0v) is 9.50. The normalized spacial score (nSPS) is 30.9. The largest absolute Gasteiger partial charge is 0.282 e. The van der Waals surface area contributed by atoms with Crippen LogP contribution in [0.25, 0.3) is 0 Å². The van der Waals surface area contributed by atoms with Gasteiger partial charge < -0.3 is 0 Å². The van der Waals surface area contributed by atoms with Crippen LogP contribution in [0.4, 0.5) is 0 Å². The fourth-order valence-corrected chi connectivity index (χ4v) is 2.75. The molecule has 0 aromatic heterocycles. The van der Waals surface area contributed by atoms with Gasteiger partial charge in [-0.15, -0.1) is 11.6 Å². The summed E-state index contributed by atoms with van der Waals surface area (Å²) in [7, 11) is 0. The van der Waals surface area contributed by atoms with Gasteiger partial charge in [-0.3, -0.25) is 14.5 Å². The minimum atomic E-state index is 0.0427. The first-order valence-electron chi connectivity index (χ1n) is 5.65. The molecule has 3 nitrogen and oxygen atoms in total. The molecule has 4 heteroatoms. The number of likely N-dealkylation sites (tertiary alicyclic amines) is 1. The number of hydrogen-bond donors (Lipinski definition) is 0. The Morgan fingerprint density at radius 3 is 2.33 bits per heavy atom. The Morgan fingerprint density at radius 2 is 1.80 bits per heavy atom. The lowest BCUT2D eigenvalue weighted by Gasteiger charge is -2.38. The van der Waals surface area contributed by atoms with E-state index in [2.05, 4.69) is 0 Å². The zero-order valence-electron chi connectivity index (χ0n) is 8.75. The SMILES string of the molecule is O=C1C2CCCC(C2)C(=O)N1CCCCl. The van der Waals surface area contributed by atoms with E-state index < -0.39 is 0 Å². The Morgan fingerprint density at radius 1 is 1.20 bits per heavy atom. The maximum atomic E-state index is 11.9. The van der Waals surface area contributed by atoms with E-state index in [-0.39, 0.29) is 23.7 Å². The van der Waals surface area contributed by atoms with Gasteiger partial charge in [0.15, 0.2) is 0 Å². The smallest absolute Gasteiger partial charge is 0.232 e. The molecule has 2 aliphatic rings. The molecular formula is C11H16ClNO2. The molecule has 2 fully saturated rings. The predicted octanol–water partition coefficient (Wildman–Crippen LogP) is 1.79. The summed E-state index contributed by atoms with van der Waals surface area (Å²) in [6.07, 6.45) is 4.43. The van der Waals surface area contributed by atoms with Gasteiger partial charge >= 0.3 is 0 Å². The number of piperidine rings is 1. The van der Waals surface area contributed by atoms with Crippen LogP contribution in [0, 0.1) is 11.8 Å². The number of amides is 2. The minimum Gasteiger partial charge on any atom is -0.282 e. The highest BCUT2D eigenvalue weighted by Crippen LogP contribution is 2.36. The van der Waals surface area contributed by atoms with Crippen molar-refractivity contribution in [3.8, 4) is 0 Å². The molecule has 1 heterocycles. The van der Waals surface area contributed by atoms with Crippen LogP contribution in [0.15, 0.2) is 0 Å². The molecule has 1 saturated heterocycles. The van der Waals surface area contributed by atoms with E-state index in [1.807, 2.05) is 0 Å². The van der Waals surface area contributed by atoms with Crippen LogP contribution in [-0.4, -0.2) is 29.1 Å². The van der Waals surface area contributed by atoms with Crippen molar-refractivity contribution < 1.29 is 9.59 Å². The third-order valence-corrected chi connectivity index (χ3v) is 3.69. The Kier molecular flexibility index (Phi) is 3.29. The van der Waals surface area contributed by atoms with Gasteiger partial charge in [0.25, 0.3) is 0 Å². The molecule has 0 aromatic rings. The average Bonchev–Trinajstić information content (AvgIpc) is 2.27. The lowest BCUT2D eigenvalue weighted by Crippen LogP contribution is -2.51. The molecule has 2 atom stereocenters. The van der Waals surface area contributed by atoms with Gasteiger partial charge in [-0.1, -0.05) is 6.42 Å². The van der Waals surface area contributed by atoms with Crippen molar-refractivity contribution in [3.63, 3.8) is 0 Å². The first-order valence-corrected chi connectivity index (χ1v) is 6.18. The Balaban J connectivity index is 2.08. The summed E-state index contributed by atoms with van der Waals surface area (Å²) in [5.41, 5.74) is 0. The van der Waals surface area contributed by atoms with Gasteiger partial charge in [-0.25, -0.2) is 0 Å². The van der Waals surface area contributed by atoms with Crippen molar-refractivity contribution in [1.82, 2.24) is 4.90 Å². The van der Waals surface area contributed by atoms with Crippen LogP contribution in [-0.2, 0) is 9.59 Å². The molecule has 1 saturated carbocycles. The van der Waals surface area contributed by atoms with Gasteiger partial charge in [-0.05, 0) is 25.7 Å². The number of carbonyl (C=O) groups excluding carboxylic acids is 2. The fourth-order valence-electron chi connectivity index (χ4n) is 2.63. The van der Waals surface area contributed by atoms with Crippen LogP contribution < -0.4 is 0 Å². The lowest BCUT2D eigenvalue weighted by molar-refractivity contribution is -0.157. The van der Waals surface area contributed by atoms with E-state index >= 15 is 0 Å². The number of nitrogens with zero attached hydrogens (tertiary/aromatic N) is 1. The molecule has 0 aromatic carbocycles. The summed E-state index contributed by atoms with van der Waals surface area (Å²) in [5.74, 6) is 0.808. The summed E-state index contributed by atoms with van der Waals surface area (Å²) >= 11 is 5.59. The van der Waals surface area contributed by atoms with Crippen molar-refractivity contribution in [2.24, 2.45) is 11.8 Å². The van der Waals surface area contributed by atoms with Crippen molar-refractivity contribution >= 4 is 23.4 Å². The second kappa shape index (κ2) is 4.52. The van der Waals surface area contributed by atoms with Crippen molar-refractivity contribution in [1.29, 1.82) is 0 Å². The van der Waals surface area contributed by atoms with Crippen molar-refractivity contribution in [3.05, 3.63) is 0 Å². The molecule has 1 aliphatic heterocycles. The number of halogens is 1. The molecule has 2 unspecified atom stereocenters. The van der Waals surface area contributed by atoms with Crippen LogP contribution in [0.2, 0.25) is 0 Å². The standard InChI is InChI=1S/C11H16ClNO2/c12-5-2-6-13-10(14)8-3-1-4-9(7-8)11(13)15/h8-9H,1-7H2. The Hall–Kier alpha value is -0.570. The van der Waals surface area contributed by atoms with Gasteiger partial charge in [-0.2, -0.15) is 0 Å². The van der Waals surface area contributed by atoms with E-state index in [0.29, 0.717) is 18.8 Å².